The van der Waals surface area contributed by atoms with E-state index in [1.54, 1.807) is 72.8 Å². The Hall–Kier alpha value is -4.37. The first-order valence-electron chi connectivity index (χ1n) is 10.0. The van der Waals surface area contributed by atoms with Crippen molar-refractivity contribution in [3.63, 3.8) is 0 Å². The smallest absolute Gasteiger partial charge is 0.329 e. The number of halogens is 1. The Morgan fingerprint density at radius 1 is 0.912 bits per heavy atom. The molecule has 0 aliphatic rings. The molecule has 0 atom stereocenters. The Bertz CT molecular complexity index is 1200. The molecular formula is C24H21ClN4O5. The van der Waals surface area contributed by atoms with Gasteiger partial charge in [-0.15, -0.1) is 0 Å². The molecule has 0 aliphatic heterocycles. The SMILES string of the molecule is COc1ccc(NC(=O)C(=O)N/N=C\c2ccccc2OCC(=O)Nc2cccc(Cl)c2)cc1. The first-order chi connectivity index (χ1) is 16.4. The van der Waals surface area contributed by atoms with Crippen LogP contribution in [-0.2, 0) is 14.4 Å². The van der Waals surface area contributed by atoms with Gasteiger partial charge in [0.2, 0.25) is 0 Å². The molecule has 0 saturated carbocycles. The van der Waals surface area contributed by atoms with Crippen molar-refractivity contribution in [2.45, 2.75) is 0 Å². The Kier molecular flexibility index (Phi) is 8.59. The van der Waals surface area contributed by atoms with Gasteiger partial charge in [0.05, 0.1) is 13.3 Å². The number of para-hydroxylation sites is 1. The highest BCUT2D eigenvalue weighted by Gasteiger charge is 2.13. The molecule has 0 heterocycles. The maximum absolute atomic E-state index is 12.2. The number of hydrazone groups is 1. The number of methoxy groups -OCH3 is 1. The molecule has 0 fully saturated rings. The molecule has 0 radical (unpaired) electrons. The number of carbonyl (C=O) groups excluding carboxylic acids is 3. The van der Waals surface area contributed by atoms with Crippen LogP contribution in [0.2, 0.25) is 5.02 Å². The zero-order valence-electron chi connectivity index (χ0n) is 18.1. The number of rotatable bonds is 8. The Labute approximate surface area is 200 Å². The van der Waals surface area contributed by atoms with Gasteiger partial charge in [-0.3, -0.25) is 14.4 Å². The fourth-order valence-electron chi connectivity index (χ4n) is 2.70. The van der Waals surface area contributed by atoms with Crippen LogP contribution in [0.1, 0.15) is 5.56 Å². The fraction of sp³-hybridized carbons (Fsp3) is 0.0833. The average Bonchev–Trinajstić information content (AvgIpc) is 2.84. The number of carbonyl (C=O) groups is 3. The lowest BCUT2D eigenvalue weighted by Gasteiger charge is -2.10. The zero-order chi connectivity index (χ0) is 24.3. The van der Waals surface area contributed by atoms with Crippen LogP contribution in [0.4, 0.5) is 11.4 Å². The second-order valence-electron chi connectivity index (χ2n) is 6.77. The predicted octanol–water partition coefficient (Wildman–Crippen LogP) is 3.45. The van der Waals surface area contributed by atoms with E-state index < -0.39 is 11.8 Å². The van der Waals surface area contributed by atoms with Crippen molar-refractivity contribution in [2.24, 2.45) is 5.10 Å². The number of nitrogens with zero attached hydrogens (tertiary/aromatic N) is 1. The minimum absolute atomic E-state index is 0.256. The first-order valence-corrected chi connectivity index (χ1v) is 10.4. The number of ether oxygens (including phenoxy) is 2. The monoisotopic (exact) mass is 480 g/mol. The standard InChI is InChI=1S/C24H21ClN4O5/c1-33-20-11-9-18(10-12-20)28-23(31)24(32)29-26-14-16-5-2-3-8-21(16)34-15-22(30)27-19-7-4-6-17(25)13-19/h2-14H,15H2,1H3,(H,27,30)(H,28,31)(H,29,32)/b26-14-. The van der Waals surface area contributed by atoms with Gasteiger partial charge >= 0.3 is 11.8 Å². The number of anilines is 2. The second-order valence-corrected chi connectivity index (χ2v) is 7.20. The Balaban J connectivity index is 1.52. The van der Waals surface area contributed by atoms with Crippen LogP contribution >= 0.6 is 11.6 Å². The van der Waals surface area contributed by atoms with Crippen molar-refractivity contribution in [2.75, 3.05) is 24.4 Å². The number of hydrogen-bond acceptors (Lipinski definition) is 6. The third kappa shape index (κ3) is 7.35. The highest BCUT2D eigenvalue weighted by atomic mass is 35.5. The normalized spacial score (nSPS) is 10.4. The van der Waals surface area contributed by atoms with Crippen LogP contribution in [0.3, 0.4) is 0 Å². The van der Waals surface area contributed by atoms with Crippen molar-refractivity contribution in [1.29, 1.82) is 0 Å². The molecule has 3 aromatic rings. The summed E-state index contributed by atoms with van der Waals surface area (Å²) in [5.41, 5.74) is 3.62. The van der Waals surface area contributed by atoms with Gasteiger partial charge in [-0.2, -0.15) is 5.10 Å². The minimum Gasteiger partial charge on any atom is -0.497 e. The lowest BCUT2D eigenvalue weighted by Crippen LogP contribution is -2.32. The molecule has 3 aromatic carbocycles. The van der Waals surface area contributed by atoms with E-state index in [0.717, 1.165) is 0 Å². The second kappa shape index (κ2) is 12.0. The molecule has 174 valence electrons. The molecule has 3 amide bonds. The summed E-state index contributed by atoms with van der Waals surface area (Å²) in [6.07, 6.45) is 1.31. The molecule has 3 rings (SSSR count). The molecule has 0 unspecified atom stereocenters. The van der Waals surface area contributed by atoms with Crippen LogP contribution < -0.4 is 25.5 Å². The van der Waals surface area contributed by atoms with Crippen molar-refractivity contribution in [3.05, 3.63) is 83.4 Å². The van der Waals surface area contributed by atoms with E-state index in [1.807, 2.05) is 0 Å². The molecule has 0 spiro atoms. The fourth-order valence-corrected chi connectivity index (χ4v) is 2.89. The van der Waals surface area contributed by atoms with Crippen molar-refractivity contribution in [3.8, 4) is 11.5 Å². The third-order valence-electron chi connectivity index (χ3n) is 4.31. The first kappa shape index (κ1) is 24.3. The van der Waals surface area contributed by atoms with E-state index in [2.05, 4.69) is 21.2 Å². The molecule has 10 heteroatoms. The van der Waals surface area contributed by atoms with E-state index in [1.165, 1.54) is 13.3 Å². The highest BCUT2D eigenvalue weighted by molar-refractivity contribution is 6.39. The molecular weight excluding hydrogens is 460 g/mol. The summed E-state index contributed by atoms with van der Waals surface area (Å²) in [7, 11) is 1.53. The van der Waals surface area contributed by atoms with Gasteiger partial charge in [0.25, 0.3) is 5.91 Å². The molecule has 0 saturated heterocycles. The lowest BCUT2D eigenvalue weighted by atomic mass is 10.2. The number of amides is 3. The molecule has 34 heavy (non-hydrogen) atoms. The largest absolute Gasteiger partial charge is 0.497 e. The molecule has 9 nitrogen and oxygen atoms in total. The van der Waals surface area contributed by atoms with Crippen LogP contribution in [0.15, 0.2) is 77.9 Å². The van der Waals surface area contributed by atoms with Crippen LogP contribution in [0, 0.1) is 0 Å². The van der Waals surface area contributed by atoms with Gasteiger partial charge in [0.15, 0.2) is 6.61 Å². The summed E-state index contributed by atoms with van der Waals surface area (Å²) in [5, 5.41) is 9.43. The summed E-state index contributed by atoms with van der Waals surface area (Å²) in [6.45, 7) is -0.256. The molecule has 3 N–H and O–H groups in total. The van der Waals surface area contributed by atoms with Crippen LogP contribution in [-0.4, -0.2) is 37.7 Å². The number of hydrogen-bond donors (Lipinski definition) is 3. The topological polar surface area (TPSA) is 118 Å². The summed E-state index contributed by atoms with van der Waals surface area (Å²) in [4.78, 5) is 36.2. The van der Waals surface area contributed by atoms with Gasteiger partial charge in [-0.05, 0) is 54.6 Å². The van der Waals surface area contributed by atoms with E-state index >= 15 is 0 Å². The van der Waals surface area contributed by atoms with Crippen molar-refractivity contribution in [1.82, 2.24) is 5.43 Å². The number of nitrogens with one attached hydrogen (secondary N) is 3. The van der Waals surface area contributed by atoms with Gasteiger partial charge in [-0.1, -0.05) is 29.8 Å². The Morgan fingerprint density at radius 3 is 2.41 bits per heavy atom. The summed E-state index contributed by atoms with van der Waals surface area (Å²) in [5.74, 6) is -1.23. The zero-order valence-corrected chi connectivity index (χ0v) is 18.8. The lowest BCUT2D eigenvalue weighted by molar-refractivity contribution is -0.136. The van der Waals surface area contributed by atoms with E-state index in [4.69, 9.17) is 21.1 Å². The molecule has 0 aromatic heterocycles. The summed E-state index contributed by atoms with van der Waals surface area (Å²) in [6, 6.07) is 20.0. The van der Waals surface area contributed by atoms with Crippen LogP contribution in [0.25, 0.3) is 0 Å². The minimum atomic E-state index is -0.952. The van der Waals surface area contributed by atoms with Gasteiger partial charge in [0.1, 0.15) is 11.5 Å². The quantitative estimate of drug-likeness (QED) is 0.259. The van der Waals surface area contributed by atoms with E-state index in [9.17, 15) is 14.4 Å². The Morgan fingerprint density at radius 2 is 1.68 bits per heavy atom. The predicted molar refractivity (Wildman–Crippen MR) is 129 cm³/mol. The van der Waals surface area contributed by atoms with E-state index in [0.29, 0.717) is 33.5 Å². The van der Waals surface area contributed by atoms with E-state index in [-0.39, 0.29) is 12.5 Å². The van der Waals surface area contributed by atoms with Gasteiger partial charge < -0.3 is 20.1 Å². The summed E-state index contributed by atoms with van der Waals surface area (Å²) >= 11 is 5.91. The van der Waals surface area contributed by atoms with Gasteiger partial charge in [-0.25, -0.2) is 5.43 Å². The van der Waals surface area contributed by atoms with Gasteiger partial charge in [0, 0.05) is 22.0 Å². The van der Waals surface area contributed by atoms with Crippen LogP contribution in [0.5, 0.6) is 11.5 Å². The molecule has 0 bridgehead atoms. The number of benzene rings is 3. The van der Waals surface area contributed by atoms with Crippen molar-refractivity contribution >= 4 is 46.9 Å². The van der Waals surface area contributed by atoms with Crippen molar-refractivity contribution < 1.29 is 23.9 Å². The highest BCUT2D eigenvalue weighted by Crippen LogP contribution is 2.17. The molecule has 0 aliphatic carbocycles. The summed E-state index contributed by atoms with van der Waals surface area (Å²) < 4.78 is 10.6. The average molecular weight is 481 g/mol. The maximum atomic E-state index is 12.2. The maximum Gasteiger partial charge on any atom is 0.329 e. The third-order valence-corrected chi connectivity index (χ3v) is 4.55.